The van der Waals surface area contributed by atoms with Gasteiger partial charge in [-0.15, -0.1) is 0 Å². The van der Waals surface area contributed by atoms with Gasteiger partial charge in [0.1, 0.15) is 0 Å². The van der Waals surface area contributed by atoms with E-state index < -0.39 is 0 Å². The van der Waals surface area contributed by atoms with Crippen molar-refractivity contribution in [3.63, 3.8) is 0 Å². The molecule has 72 valence electrons. The lowest BCUT2D eigenvalue weighted by Gasteiger charge is -2.33. The first-order valence-corrected chi connectivity index (χ1v) is 5.42. The zero-order chi connectivity index (χ0) is 9.68. The van der Waals surface area contributed by atoms with Crippen molar-refractivity contribution in [3.8, 4) is 0 Å². The fraction of sp³-hybridized carbons (Fsp3) is 0.857. The Labute approximate surface area is 93.6 Å². The maximum atomic E-state index is 11.0. The van der Waals surface area contributed by atoms with Crippen LogP contribution in [0, 0.1) is 0 Å². The summed E-state index contributed by atoms with van der Waals surface area (Å²) >= 11 is 1.83. The highest BCUT2D eigenvalue weighted by molar-refractivity contribution is 14.1. The Morgan fingerprint density at radius 3 is 2.46 bits per heavy atom. The molecule has 1 rings (SSSR count). The molecule has 1 heterocycles. The predicted molar refractivity (Wildman–Crippen MR) is 61.2 cm³/mol. The van der Waals surface area contributed by atoms with Crippen molar-refractivity contribution in [2.45, 2.75) is 0 Å². The summed E-state index contributed by atoms with van der Waals surface area (Å²) < 4.78 is 0.147. The monoisotopic (exact) mass is 293 g/mol. The third-order valence-electron chi connectivity index (χ3n) is 2.19. The molecule has 1 N–H and O–H groups in total. The summed E-state index contributed by atoms with van der Waals surface area (Å²) in [6.45, 7) is 5.35. The van der Waals surface area contributed by atoms with Crippen molar-refractivity contribution in [2.24, 2.45) is 0 Å². The van der Waals surface area contributed by atoms with Crippen molar-refractivity contribution in [2.75, 3.05) is 39.3 Å². The number of halogens is 1. The van der Waals surface area contributed by atoms with Crippen LogP contribution in [0.2, 0.25) is 0 Å². The molecule has 13 heavy (non-hydrogen) atoms. The quantitative estimate of drug-likeness (QED) is 0.340. The molecule has 0 aliphatic carbocycles. The fourth-order valence-corrected chi connectivity index (χ4v) is 1.85. The third-order valence-corrected chi connectivity index (χ3v) is 2.88. The van der Waals surface area contributed by atoms with Gasteiger partial charge >= 0.3 is 0 Å². The van der Waals surface area contributed by atoms with Crippen LogP contribution in [0.5, 0.6) is 0 Å². The lowest BCUT2D eigenvalue weighted by molar-refractivity contribution is 0.157. The van der Waals surface area contributed by atoms with Gasteiger partial charge in [-0.3, -0.25) is 9.69 Å². The van der Waals surface area contributed by atoms with E-state index in [1.54, 1.807) is 0 Å². The molecule has 0 spiro atoms. The van der Waals surface area contributed by atoms with E-state index >= 15 is 0 Å². The van der Waals surface area contributed by atoms with E-state index in [4.69, 9.17) is 7.98 Å². The van der Waals surface area contributed by atoms with Crippen molar-refractivity contribution in [3.05, 3.63) is 0 Å². The van der Waals surface area contributed by atoms with Crippen LogP contribution in [0.25, 0.3) is 0 Å². The Balaban J connectivity index is 2.18. The lowest BCUT2D eigenvalue weighted by atomic mass is 10.3. The highest BCUT2D eigenvalue weighted by Crippen LogP contribution is 2.05. The standard InChI is InChI=1S/C7H13BIN3O/c8-10-1-2-11-3-5-12(6-4-11)7(9)13/h10H,1-6H2. The van der Waals surface area contributed by atoms with Crippen LogP contribution in [0.3, 0.4) is 0 Å². The summed E-state index contributed by atoms with van der Waals surface area (Å²) in [7, 11) is 5.18. The normalized spacial score (nSPS) is 19.0. The number of hydrogen-bond acceptors (Lipinski definition) is 3. The van der Waals surface area contributed by atoms with Gasteiger partial charge in [0.25, 0.3) is 3.91 Å². The number of carbonyl (C=O) groups is 1. The smallest absolute Gasteiger partial charge is 0.283 e. The molecular formula is C7H13BIN3O. The Morgan fingerprint density at radius 2 is 2.00 bits per heavy atom. The number of carbonyl (C=O) groups excluding carboxylic acids is 1. The molecule has 6 heteroatoms. The average molecular weight is 293 g/mol. The summed E-state index contributed by atoms with van der Waals surface area (Å²) in [5.74, 6) is 0. The molecule has 0 saturated carbocycles. The van der Waals surface area contributed by atoms with Crippen molar-refractivity contribution >= 4 is 34.5 Å². The second-order valence-corrected chi connectivity index (χ2v) is 3.96. The van der Waals surface area contributed by atoms with Gasteiger partial charge in [-0.2, -0.15) is 0 Å². The van der Waals surface area contributed by atoms with Crippen LogP contribution in [-0.4, -0.2) is 61.0 Å². The van der Waals surface area contributed by atoms with Crippen LogP contribution in [0.1, 0.15) is 0 Å². The Bertz CT molecular complexity index is 173. The molecule has 0 aromatic carbocycles. The average Bonchev–Trinajstić information content (AvgIpc) is 2.15. The van der Waals surface area contributed by atoms with Gasteiger partial charge in [-0.25, -0.2) is 0 Å². The third kappa shape index (κ3) is 3.82. The molecule has 1 aliphatic rings. The molecule has 1 fully saturated rings. The summed E-state index contributed by atoms with van der Waals surface area (Å²) in [5, 5.41) is 2.63. The molecule has 0 bridgehead atoms. The molecular weight excluding hydrogens is 280 g/mol. The summed E-state index contributed by atoms with van der Waals surface area (Å²) in [4.78, 5) is 15.2. The molecule has 1 amide bonds. The fourth-order valence-electron chi connectivity index (χ4n) is 1.37. The number of hydrogen-bond donors (Lipinski definition) is 1. The second kappa shape index (κ2) is 5.82. The molecule has 0 aromatic heterocycles. The van der Waals surface area contributed by atoms with Gasteiger partial charge in [0.2, 0.25) is 0 Å². The molecule has 0 unspecified atom stereocenters. The Kier molecular flexibility index (Phi) is 5.04. The van der Waals surface area contributed by atoms with Crippen LogP contribution in [-0.2, 0) is 0 Å². The van der Waals surface area contributed by atoms with E-state index in [1.165, 1.54) is 0 Å². The van der Waals surface area contributed by atoms with Crippen LogP contribution >= 0.6 is 22.6 Å². The number of amides is 1. The highest BCUT2D eigenvalue weighted by Gasteiger charge is 2.18. The van der Waals surface area contributed by atoms with Crippen molar-refractivity contribution < 1.29 is 4.79 Å². The van der Waals surface area contributed by atoms with E-state index in [-0.39, 0.29) is 3.91 Å². The van der Waals surface area contributed by atoms with Crippen molar-refractivity contribution in [1.82, 2.24) is 15.0 Å². The van der Waals surface area contributed by atoms with Gasteiger partial charge in [-0.05, 0) is 6.54 Å². The van der Waals surface area contributed by atoms with E-state index in [0.717, 1.165) is 39.3 Å². The summed E-state index contributed by atoms with van der Waals surface area (Å²) in [6.07, 6.45) is 0. The molecule has 1 aliphatic heterocycles. The first kappa shape index (κ1) is 11.3. The van der Waals surface area contributed by atoms with Crippen LogP contribution < -0.4 is 5.23 Å². The zero-order valence-corrected chi connectivity index (χ0v) is 9.66. The molecule has 0 aromatic rings. The highest BCUT2D eigenvalue weighted by atomic mass is 127. The Hall–Kier alpha value is 0.185. The van der Waals surface area contributed by atoms with E-state index in [2.05, 4.69) is 10.1 Å². The maximum absolute atomic E-state index is 11.0. The number of nitrogens with zero attached hydrogens (tertiary/aromatic N) is 2. The van der Waals surface area contributed by atoms with E-state index in [0.29, 0.717) is 0 Å². The minimum atomic E-state index is 0.147. The van der Waals surface area contributed by atoms with E-state index in [1.807, 2.05) is 27.5 Å². The van der Waals surface area contributed by atoms with Crippen LogP contribution in [0.4, 0.5) is 4.79 Å². The maximum Gasteiger partial charge on any atom is 0.283 e. The largest absolute Gasteiger partial charge is 0.365 e. The van der Waals surface area contributed by atoms with Gasteiger partial charge in [-0.1, -0.05) is 0 Å². The molecule has 2 radical (unpaired) electrons. The predicted octanol–water partition coefficient (Wildman–Crippen LogP) is -0.168. The molecule has 4 nitrogen and oxygen atoms in total. The van der Waals surface area contributed by atoms with Gasteiger partial charge in [0, 0.05) is 55.3 Å². The van der Waals surface area contributed by atoms with Gasteiger partial charge in [0.15, 0.2) is 7.98 Å². The summed E-state index contributed by atoms with van der Waals surface area (Å²) in [5.41, 5.74) is 0. The number of rotatable bonds is 3. The number of piperazine rings is 1. The molecule has 0 atom stereocenters. The minimum absolute atomic E-state index is 0.147. The minimum Gasteiger partial charge on any atom is -0.365 e. The summed E-state index contributed by atoms with van der Waals surface area (Å²) in [6, 6.07) is 0. The first-order chi connectivity index (χ1) is 6.24. The zero-order valence-electron chi connectivity index (χ0n) is 7.50. The van der Waals surface area contributed by atoms with Crippen LogP contribution in [0.15, 0.2) is 0 Å². The first-order valence-electron chi connectivity index (χ1n) is 4.34. The van der Waals surface area contributed by atoms with E-state index in [9.17, 15) is 4.79 Å². The van der Waals surface area contributed by atoms with Crippen molar-refractivity contribution in [1.29, 1.82) is 0 Å². The molecule has 1 saturated heterocycles. The topological polar surface area (TPSA) is 35.6 Å². The lowest BCUT2D eigenvalue weighted by Crippen LogP contribution is -2.48. The Morgan fingerprint density at radius 1 is 1.38 bits per heavy atom. The SMILES string of the molecule is [B]NCCN1CCN(C(=O)I)CC1. The van der Waals surface area contributed by atoms with Gasteiger partial charge in [0.05, 0.1) is 0 Å². The van der Waals surface area contributed by atoms with Gasteiger partial charge < -0.3 is 10.1 Å². The second-order valence-electron chi connectivity index (χ2n) is 3.04. The number of nitrogens with one attached hydrogen (secondary N) is 1.